The summed E-state index contributed by atoms with van der Waals surface area (Å²) in [7, 11) is 1.67. The van der Waals surface area contributed by atoms with Crippen LogP contribution in [-0.4, -0.2) is 15.0 Å². The number of para-hydroxylation sites is 1. The molecule has 1 aromatic carbocycles. The Bertz CT molecular complexity index is 580. The number of benzene rings is 1. The average Bonchev–Trinajstić information content (AvgIpc) is 2.72. The molecule has 8 heteroatoms. The number of aromatic nitrogens is 3. The zero-order valence-corrected chi connectivity index (χ0v) is 10.6. The summed E-state index contributed by atoms with van der Waals surface area (Å²) in [5.74, 6) is 0. The van der Waals surface area contributed by atoms with Crippen molar-refractivity contribution < 1.29 is 13.2 Å². The molecule has 0 amide bonds. The van der Waals surface area contributed by atoms with E-state index in [9.17, 15) is 13.2 Å². The first kappa shape index (κ1) is 13.7. The molecular weight excluding hydrogens is 281 g/mol. The third-order valence-corrected chi connectivity index (χ3v) is 2.73. The average molecular weight is 291 g/mol. The monoisotopic (exact) mass is 290 g/mol. The molecule has 0 saturated carbocycles. The lowest BCUT2D eigenvalue weighted by molar-refractivity contribution is -0.136. The lowest BCUT2D eigenvalue weighted by Gasteiger charge is -2.15. The van der Waals surface area contributed by atoms with Gasteiger partial charge >= 0.3 is 6.18 Å². The minimum atomic E-state index is -4.46. The zero-order valence-electron chi connectivity index (χ0n) is 9.87. The first-order valence-corrected chi connectivity index (χ1v) is 5.70. The first-order chi connectivity index (χ1) is 8.88. The molecule has 0 aliphatic carbocycles. The van der Waals surface area contributed by atoms with Crippen molar-refractivity contribution in [3.8, 4) is 0 Å². The standard InChI is InChI=1S/C11H10ClF3N4/c1-19-6-7(17-18-19)5-16-10-8(11(13,14)15)3-2-4-9(10)12/h2-4,6,16H,5H2,1H3. The van der Waals surface area contributed by atoms with Gasteiger partial charge in [0.15, 0.2) is 0 Å². The van der Waals surface area contributed by atoms with Crippen LogP contribution in [0.15, 0.2) is 24.4 Å². The maximum absolute atomic E-state index is 12.8. The summed E-state index contributed by atoms with van der Waals surface area (Å²) in [6, 6.07) is 3.64. The van der Waals surface area contributed by atoms with Crippen molar-refractivity contribution in [1.29, 1.82) is 0 Å². The SMILES string of the molecule is Cn1cc(CNc2c(Cl)cccc2C(F)(F)F)nn1. The lowest BCUT2D eigenvalue weighted by Crippen LogP contribution is -2.11. The number of nitrogens with zero attached hydrogens (tertiary/aromatic N) is 3. The van der Waals surface area contributed by atoms with Crippen molar-refractivity contribution in [3.05, 3.63) is 40.7 Å². The van der Waals surface area contributed by atoms with Crippen molar-refractivity contribution in [2.24, 2.45) is 7.05 Å². The Morgan fingerprint density at radius 1 is 1.37 bits per heavy atom. The van der Waals surface area contributed by atoms with E-state index < -0.39 is 11.7 Å². The molecule has 0 fully saturated rings. The fraction of sp³-hybridized carbons (Fsp3) is 0.273. The Morgan fingerprint density at radius 3 is 2.68 bits per heavy atom. The molecule has 102 valence electrons. The van der Waals surface area contributed by atoms with Gasteiger partial charge in [-0.15, -0.1) is 5.10 Å². The van der Waals surface area contributed by atoms with Crippen LogP contribution in [0.5, 0.6) is 0 Å². The van der Waals surface area contributed by atoms with E-state index in [2.05, 4.69) is 15.6 Å². The van der Waals surface area contributed by atoms with Gasteiger partial charge in [0.25, 0.3) is 0 Å². The van der Waals surface area contributed by atoms with Crippen LogP contribution in [0.3, 0.4) is 0 Å². The molecule has 1 heterocycles. The summed E-state index contributed by atoms with van der Waals surface area (Å²) >= 11 is 5.80. The molecule has 0 aliphatic rings. The first-order valence-electron chi connectivity index (χ1n) is 5.32. The fourth-order valence-electron chi connectivity index (χ4n) is 1.60. The molecule has 0 radical (unpaired) electrons. The topological polar surface area (TPSA) is 42.7 Å². The molecule has 19 heavy (non-hydrogen) atoms. The van der Waals surface area contributed by atoms with Gasteiger partial charge in [-0.25, -0.2) is 0 Å². The van der Waals surface area contributed by atoms with E-state index in [1.54, 1.807) is 13.2 Å². The minimum Gasteiger partial charge on any atom is -0.378 e. The Labute approximate surface area is 112 Å². The molecule has 0 saturated heterocycles. The highest BCUT2D eigenvalue weighted by Crippen LogP contribution is 2.38. The maximum Gasteiger partial charge on any atom is 0.418 e. The van der Waals surface area contributed by atoms with Crippen molar-refractivity contribution in [1.82, 2.24) is 15.0 Å². The fourth-order valence-corrected chi connectivity index (χ4v) is 1.84. The molecule has 1 N–H and O–H groups in total. The van der Waals surface area contributed by atoms with Crippen molar-refractivity contribution in [2.75, 3.05) is 5.32 Å². The van der Waals surface area contributed by atoms with Crippen LogP contribution in [0.1, 0.15) is 11.3 Å². The number of nitrogens with one attached hydrogen (secondary N) is 1. The molecule has 4 nitrogen and oxygen atoms in total. The Balaban J connectivity index is 2.24. The number of alkyl halides is 3. The molecule has 0 atom stereocenters. The summed E-state index contributed by atoms with van der Waals surface area (Å²) in [5.41, 5.74) is -0.429. The highest BCUT2D eigenvalue weighted by molar-refractivity contribution is 6.33. The van der Waals surface area contributed by atoms with E-state index >= 15 is 0 Å². The summed E-state index contributed by atoms with van der Waals surface area (Å²) in [6.07, 6.45) is -2.85. The van der Waals surface area contributed by atoms with Gasteiger partial charge in [0, 0.05) is 13.2 Å². The van der Waals surface area contributed by atoms with Crippen molar-refractivity contribution in [2.45, 2.75) is 12.7 Å². The molecular formula is C11H10ClF3N4. The third-order valence-electron chi connectivity index (χ3n) is 2.42. The van der Waals surface area contributed by atoms with E-state index in [1.165, 1.54) is 16.8 Å². The largest absolute Gasteiger partial charge is 0.418 e. The van der Waals surface area contributed by atoms with Gasteiger partial charge in [-0.1, -0.05) is 22.9 Å². The zero-order chi connectivity index (χ0) is 14.0. The number of anilines is 1. The van der Waals surface area contributed by atoms with Crippen LogP contribution in [0.25, 0.3) is 0 Å². The lowest BCUT2D eigenvalue weighted by atomic mass is 10.1. The van der Waals surface area contributed by atoms with Gasteiger partial charge in [0.05, 0.1) is 22.8 Å². The van der Waals surface area contributed by atoms with Crippen LogP contribution in [-0.2, 0) is 19.8 Å². The van der Waals surface area contributed by atoms with E-state index in [1.807, 2.05) is 0 Å². The Morgan fingerprint density at radius 2 is 2.11 bits per heavy atom. The van der Waals surface area contributed by atoms with Gasteiger partial charge in [-0.3, -0.25) is 4.68 Å². The molecule has 0 bridgehead atoms. The number of hydrogen-bond acceptors (Lipinski definition) is 3. The maximum atomic E-state index is 12.8. The van der Waals surface area contributed by atoms with Gasteiger partial charge in [0.1, 0.15) is 5.69 Å². The van der Waals surface area contributed by atoms with E-state index in [0.717, 1.165) is 6.07 Å². The van der Waals surface area contributed by atoms with E-state index in [-0.39, 0.29) is 17.3 Å². The normalized spacial score (nSPS) is 11.6. The quantitative estimate of drug-likeness (QED) is 0.944. The summed E-state index contributed by atoms with van der Waals surface area (Å²) < 4.78 is 39.9. The van der Waals surface area contributed by atoms with Gasteiger partial charge in [-0.05, 0) is 12.1 Å². The smallest absolute Gasteiger partial charge is 0.378 e. The molecule has 1 aromatic heterocycles. The summed E-state index contributed by atoms with van der Waals surface area (Å²) in [5, 5.41) is 10.1. The van der Waals surface area contributed by atoms with Crippen molar-refractivity contribution in [3.63, 3.8) is 0 Å². The number of hydrogen-bond donors (Lipinski definition) is 1. The Kier molecular flexibility index (Phi) is 3.66. The van der Waals surface area contributed by atoms with Crippen molar-refractivity contribution >= 4 is 17.3 Å². The van der Waals surface area contributed by atoms with Gasteiger partial charge < -0.3 is 5.32 Å². The molecule has 0 spiro atoms. The molecule has 0 aliphatic heterocycles. The van der Waals surface area contributed by atoms with Crippen LogP contribution >= 0.6 is 11.6 Å². The predicted molar refractivity (Wildman–Crippen MR) is 64.8 cm³/mol. The Hall–Kier alpha value is -1.76. The van der Waals surface area contributed by atoms with Gasteiger partial charge in [0.2, 0.25) is 0 Å². The summed E-state index contributed by atoms with van der Waals surface area (Å²) in [4.78, 5) is 0. The number of halogens is 4. The molecule has 2 aromatic rings. The van der Waals surface area contributed by atoms with Crippen LogP contribution < -0.4 is 5.32 Å². The van der Waals surface area contributed by atoms with Gasteiger partial charge in [-0.2, -0.15) is 13.2 Å². The molecule has 0 unspecified atom stereocenters. The van der Waals surface area contributed by atoms with E-state index in [0.29, 0.717) is 5.69 Å². The highest BCUT2D eigenvalue weighted by atomic mass is 35.5. The third kappa shape index (κ3) is 3.17. The van der Waals surface area contributed by atoms with E-state index in [4.69, 9.17) is 11.6 Å². The summed E-state index contributed by atoms with van der Waals surface area (Å²) in [6.45, 7) is 0.112. The highest BCUT2D eigenvalue weighted by Gasteiger charge is 2.34. The second-order valence-corrected chi connectivity index (χ2v) is 4.30. The molecule has 2 rings (SSSR count). The second-order valence-electron chi connectivity index (χ2n) is 3.90. The number of aryl methyl sites for hydroxylation is 1. The van der Waals surface area contributed by atoms with Crippen LogP contribution in [0.2, 0.25) is 5.02 Å². The minimum absolute atomic E-state index is 0.0127. The predicted octanol–water partition coefficient (Wildman–Crippen LogP) is 3.10. The van der Waals surface area contributed by atoms with Crippen LogP contribution in [0.4, 0.5) is 18.9 Å². The second kappa shape index (κ2) is 5.08. The van der Waals surface area contributed by atoms with Crippen LogP contribution in [0, 0.1) is 0 Å². The number of rotatable bonds is 3.